The lowest BCUT2D eigenvalue weighted by Crippen LogP contribution is -2.32. The van der Waals surface area contributed by atoms with E-state index in [2.05, 4.69) is 10.1 Å². The van der Waals surface area contributed by atoms with Gasteiger partial charge in [0.05, 0.1) is 22.7 Å². The number of aryl methyl sites for hydroxylation is 1. The van der Waals surface area contributed by atoms with Crippen LogP contribution in [0, 0.1) is 6.92 Å². The zero-order valence-electron chi connectivity index (χ0n) is 15.2. The molecule has 2 aromatic carbocycles. The lowest BCUT2D eigenvalue weighted by Gasteiger charge is -2.04. The Morgan fingerprint density at radius 3 is 2.69 bits per heavy atom. The van der Waals surface area contributed by atoms with Crippen molar-refractivity contribution in [1.82, 2.24) is 9.66 Å². The van der Waals surface area contributed by atoms with Crippen molar-refractivity contribution < 1.29 is 14.3 Å². The second-order valence-corrected chi connectivity index (χ2v) is 6.37. The predicted molar refractivity (Wildman–Crippen MR) is 108 cm³/mol. The number of aromatic carboxylic acids is 1. The van der Waals surface area contributed by atoms with Gasteiger partial charge in [-0.2, -0.15) is 5.10 Å². The number of nitrogens with zero attached hydrogens (tertiary/aromatic N) is 2. The number of rotatable bonds is 4. The molecule has 0 bridgehead atoms. The number of hydrogen-bond donors (Lipinski definition) is 2. The van der Waals surface area contributed by atoms with Crippen molar-refractivity contribution in [3.8, 4) is 11.3 Å². The summed E-state index contributed by atoms with van der Waals surface area (Å²) in [5.41, 5.74) is 0.911. The molecule has 8 heteroatoms. The average molecular weight is 389 g/mol. The Morgan fingerprint density at radius 1 is 1.14 bits per heavy atom. The number of fused-ring (bicyclic) bond motifs is 1. The first kappa shape index (κ1) is 18.2. The van der Waals surface area contributed by atoms with E-state index >= 15 is 0 Å². The van der Waals surface area contributed by atoms with E-state index < -0.39 is 17.2 Å². The number of nitrogens with one attached hydrogen (secondary N) is 1. The van der Waals surface area contributed by atoms with Crippen LogP contribution in [0.25, 0.3) is 22.2 Å². The molecule has 2 N–H and O–H groups in total. The fraction of sp³-hybridized carbons (Fsp3) is 0.0476. The molecule has 2 aromatic heterocycles. The Labute approximate surface area is 163 Å². The first-order chi connectivity index (χ1) is 13.9. The van der Waals surface area contributed by atoms with Crippen LogP contribution in [-0.2, 0) is 0 Å². The fourth-order valence-electron chi connectivity index (χ4n) is 3.01. The lowest BCUT2D eigenvalue weighted by atomic mass is 10.0. The molecular formula is C21H15N3O5. The van der Waals surface area contributed by atoms with Gasteiger partial charge in [-0.05, 0) is 48.9 Å². The summed E-state index contributed by atoms with van der Waals surface area (Å²) >= 11 is 0. The van der Waals surface area contributed by atoms with Gasteiger partial charge in [0, 0.05) is 5.56 Å². The number of benzene rings is 2. The number of para-hydroxylation sites is 1. The largest absolute Gasteiger partial charge is 0.478 e. The van der Waals surface area contributed by atoms with E-state index in [0.717, 1.165) is 15.8 Å². The van der Waals surface area contributed by atoms with Gasteiger partial charge in [0.1, 0.15) is 11.5 Å². The molecule has 0 fully saturated rings. The highest BCUT2D eigenvalue weighted by Gasteiger charge is 2.11. The third-order valence-corrected chi connectivity index (χ3v) is 4.45. The predicted octanol–water partition coefficient (Wildman–Crippen LogP) is 2.84. The Morgan fingerprint density at radius 2 is 1.93 bits per heavy atom. The summed E-state index contributed by atoms with van der Waals surface area (Å²) in [6.07, 6.45) is 1.27. The SMILES string of the molecule is Cc1cc(C(=O)O)ccc1-c1ccc(C=Nn2c(=O)[nH]c3ccccc3c2=O)o1. The number of aromatic nitrogens is 2. The van der Waals surface area contributed by atoms with Gasteiger partial charge in [-0.1, -0.05) is 18.2 Å². The quantitative estimate of drug-likeness (QED) is 0.521. The zero-order valence-corrected chi connectivity index (χ0v) is 15.2. The first-order valence-corrected chi connectivity index (χ1v) is 8.66. The van der Waals surface area contributed by atoms with Crippen molar-refractivity contribution >= 4 is 23.1 Å². The molecule has 0 aliphatic heterocycles. The van der Waals surface area contributed by atoms with Gasteiger partial charge >= 0.3 is 11.7 Å². The second kappa shape index (κ2) is 7.08. The van der Waals surface area contributed by atoms with Crippen LogP contribution in [0.4, 0.5) is 0 Å². The topological polar surface area (TPSA) is 118 Å². The highest BCUT2D eigenvalue weighted by Crippen LogP contribution is 2.26. The van der Waals surface area contributed by atoms with Gasteiger partial charge in [0.15, 0.2) is 0 Å². The van der Waals surface area contributed by atoms with Crippen molar-refractivity contribution in [2.45, 2.75) is 6.92 Å². The highest BCUT2D eigenvalue weighted by molar-refractivity contribution is 5.89. The zero-order chi connectivity index (χ0) is 20.5. The van der Waals surface area contributed by atoms with Gasteiger partial charge in [-0.15, -0.1) is 4.68 Å². The monoisotopic (exact) mass is 389 g/mol. The van der Waals surface area contributed by atoms with Gasteiger partial charge in [0.2, 0.25) is 0 Å². The van der Waals surface area contributed by atoms with Crippen molar-refractivity contribution in [1.29, 1.82) is 0 Å². The molecule has 0 unspecified atom stereocenters. The Balaban J connectivity index is 1.68. The molecule has 0 saturated carbocycles. The number of carbonyl (C=O) groups is 1. The summed E-state index contributed by atoms with van der Waals surface area (Å²) < 4.78 is 6.45. The van der Waals surface area contributed by atoms with Crippen LogP contribution in [-0.4, -0.2) is 27.0 Å². The van der Waals surface area contributed by atoms with E-state index in [1.165, 1.54) is 12.3 Å². The fourth-order valence-corrected chi connectivity index (χ4v) is 3.01. The van der Waals surface area contributed by atoms with Gasteiger partial charge < -0.3 is 14.5 Å². The number of aromatic amines is 1. The standard InChI is InChI=1S/C21H15N3O5/c1-12-10-13(20(26)27)6-8-15(12)18-9-7-14(29-18)11-22-24-19(25)16-4-2-3-5-17(16)23-21(24)28/h2-11H,1H3,(H,23,28)(H,26,27). The normalized spacial score (nSPS) is 11.3. The molecule has 0 saturated heterocycles. The minimum Gasteiger partial charge on any atom is -0.478 e. The molecule has 0 atom stereocenters. The van der Waals surface area contributed by atoms with Crippen LogP contribution < -0.4 is 11.2 Å². The van der Waals surface area contributed by atoms with Crippen LogP contribution in [0.2, 0.25) is 0 Å². The minimum absolute atomic E-state index is 0.189. The first-order valence-electron chi connectivity index (χ1n) is 8.66. The van der Waals surface area contributed by atoms with Crippen LogP contribution in [0.1, 0.15) is 21.7 Å². The number of hydrogen-bond acceptors (Lipinski definition) is 5. The van der Waals surface area contributed by atoms with E-state index in [-0.39, 0.29) is 5.56 Å². The van der Waals surface area contributed by atoms with E-state index in [4.69, 9.17) is 9.52 Å². The summed E-state index contributed by atoms with van der Waals surface area (Å²) in [6.45, 7) is 1.78. The van der Waals surface area contributed by atoms with Crippen LogP contribution in [0.5, 0.6) is 0 Å². The van der Waals surface area contributed by atoms with Gasteiger partial charge in [0.25, 0.3) is 5.56 Å². The third kappa shape index (κ3) is 3.39. The van der Waals surface area contributed by atoms with E-state index in [1.807, 2.05) is 0 Å². The van der Waals surface area contributed by atoms with Gasteiger partial charge in [-0.25, -0.2) is 9.59 Å². The van der Waals surface area contributed by atoms with Crippen LogP contribution >= 0.6 is 0 Å². The summed E-state index contributed by atoms with van der Waals surface area (Å²) in [7, 11) is 0. The third-order valence-electron chi connectivity index (χ3n) is 4.45. The minimum atomic E-state index is -1.00. The summed E-state index contributed by atoms with van der Waals surface area (Å²) in [5.74, 6) is -0.153. The summed E-state index contributed by atoms with van der Waals surface area (Å²) in [6, 6.07) is 14.7. The number of carboxylic acids is 1. The van der Waals surface area contributed by atoms with Crippen molar-refractivity contribution in [3.05, 3.63) is 92.3 Å². The molecule has 0 amide bonds. The maximum absolute atomic E-state index is 12.5. The summed E-state index contributed by atoms with van der Waals surface area (Å²) in [4.78, 5) is 38.3. The van der Waals surface area contributed by atoms with E-state index in [0.29, 0.717) is 22.4 Å². The highest BCUT2D eigenvalue weighted by atomic mass is 16.4. The smallest absolute Gasteiger partial charge is 0.349 e. The van der Waals surface area contributed by atoms with Gasteiger partial charge in [-0.3, -0.25) is 4.79 Å². The van der Waals surface area contributed by atoms with Crippen molar-refractivity contribution in [2.24, 2.45) is 5.10 Å². The van der Waals surface area contributed by atoms with Crippen molar-refractivity contribution in [3.63, 3.8) is 0 Å². The Kier molecular flexibility index (Phi) is 4.44. The number of furan rings is 1. The molecule has 0 aliphatic carbocycles. The van der Waals surface area contributed by atoms with E-state index in [9.17, 15) is 14.4 Å². The Bertz CT molecular complexity index is 1390. The molecule has 0 aliphatic rings. The molecule has 144 valence electrons. The Hall–Kier alpha value is -4.20. The van der Waals surface area contributed by atoms with Crippen LogP contribution in [0.15, 0.2) is 73.7 Å². The molecule has 0 spiro atoms. The van der Waals surface area contributed by atoms with Crippen LogP contribution in [0.3, 0.4) is 0 Å². The number of carboxylic acid groups (broad SMARTS) is 1. The molecule has 2 heterocycles. The summed E-state index contributed by atoms with van der Waals surface area (Å²) in [5, 5.41) is 13.4. The lowest BCUT2D eigenvalue weighted by molar-refractivity contribution is 0.0697. The van der Waals surface area contributed by atoms with Crippen molar-refractivity contribution in [2.75, 3.05) is 0 Å². The van der Waals surface area contributed by atoms with E-state index in [1.54, 1.807) is 55.5 Å². The molecule has 4 rings (SSSR count). The second-order valence-electron chi connectivity index (χ2n) is 6.37. The average Bonchev–Trinajstić information content (AvgIpc) is 3.16. The maximum Gasteiger partial charge on any atom is 0.349 e. The molecular weight excluding hydrogens is 374 g/mol. The molecule has 29 heavy (non-hydrogen) atoms. The number of H-pyrrole nitrogens is 1. The molecule has 0 radical (unpaired) electrons. The molecule has 8 nitrogen and oxygen atoms in total. The molecule has 4 aromatic rings. The maximum atomic E-state index is 12.5.